The molecule has 0 radical (unpaired) electrons. The summed E-state index contributed by atoms with van der Waals surface area (Å²) in [6.45, 7) is 4.40. The van der Waals surface area contributed by atoms with Crippen LogP contribution in [-0.2, 0) is 14.3 Å². The number of unbranched alkanes of at least 4 members (excludes halogenated alkanes) is 11. The third kappa shape index (κ3) is 35.7. The second-order valence-corrected chi connectivity index (χ2v) is 12.0. The van der Waals surface area contributed by atoms with Crippen LogP contribution in [-0.4, -0.2) is 23.1 Å². The van der Waals surface area contributed by atoms with Crippen LogP contribution in [0.5, 0.6) is 0 Å². The smallest absolute Gasteiger partial charge is 0.306 e. The van der Waals surface area contributed by atoms with E-state index in [9.17, 15) is 9.59 Å². The Morgan fingerprint density at radius 1 is 0.511 bits per heavy atom. The van der Waals surface area contributed by atoms with Crippen LogP contribution in [0.15, 0.2) is 72.9 Å². The summed E-state index contributed by atoms with van der Waals surface area (Å²) in [7, 11) is 0. The molecule has 45 heavy (non-hydrogen) atoms. The molecule has 0 aromatic rings. The number of esters is 1. The minimum atomic E-state index is -0.735. The fourth-order valence-electron chi connectivity index (χ4n) is 5.01. The van der Waals surface area contributed by atoms with E-state index in [4.69, 9.17) is 9.84 Å². The number of carboxylic acid groups (broad SMARTS) is 1. The Morgan fingerprint density at radius 3 is 1.42 bits per heavy atom. The zero-order valence-corrected chi connectivity index (χ0v) is 29.1. The molecule has 1 N–H and O–H groups in total. The lowest BCUT2D eigenvalue weighted by Crippen LogP contribution is -2.18. The quantitative estimate of drug-likeness (QED) is 0.0459. The lowest BCUT2D eigenvalue weighted by atomic mass is 10.0. The number of hydrogen-bond acceptors (Lipinski definition) is 3. The molecule has 0 amide bonds. The summed E-state index contributed by atoms with van der Waals surface area (Å²) in [6, 6.07) is 0. The topological polar surface area (TPSA) is 63.6 Å². The molecule has 4 heteroatoms. The number of carbonyl (C=O) groups is 2. The van der Waals surface area contributed by atoms with Gasteiger partial charge in [0.1, 0.15) is 6.10 Å². The SMILES string of the molecule is CC/C=C\C/C=C\C/C=C\C/C=C\C/C=C\C/C=C\CCCCC(=O)OC(CCCCCCCCCC)CCCCCC(=O)O. The fraction of sp³-hybridized carbons (Fsp3) is 0.659. The van der Waals surface area contributed by atoms with Crippen LogP contribution in [0.2, 0.25) is 0 Å². The highest BCUT2D eigenvalue weighted by atomic mass is 16.5. The van der Waals surface area contributed by atoms with Crippen LogP contribution < -0.4 is 0 Å². The van der Waals surface area contributed by atoms with E-state index in [1.165, 1.54) is 44.9 Å². The van der Waals surface area contributed by atoms with Crippen molar-refractivity contribution in [1.29, 1.82) is 0 Å². The monoisotopic (exact) mass is 625 g/mol. The summed E-state index contributed by atoms with van der Waals surface area (Å²) in [5.41, 5.74) is 0. The predicted molar refractivity (Wildman–Crippen MR) is 195 cm³/mol. The Bertz CT molecular complexity index is 846. The molecule has 0 aliphatic carbocycles. The maximum Gasteiger partial charge on any atom is 0.306 e. The Hall–Kier alpha value is -2.62. The van der Waals surface area contributed by atoms with E-state index in [2.05, 4.69) is 86.8 Å². The van der Waals surface area contributed by atoms with Crippen molar-refractivity contribution in [3.05, 3.63) is 72.9 Å². The van der Waals surface area contributed by atoms with Crippen molar-refractivity contribution in [2.45, 2.75) is 174 Å². The number of carbonyl (C=O) groups excluding carboxylic acids is 1. The minimum Gasteiger partial charge on any atom is -0.481 e. The molecule has 0 rings (SSSR count). The summed E-state index contributed by atoms with van der Waals surface area (Å²) in [6.07, 6.45) is 50.5. The van der Waals surface area contributed by atoms with E-state index in [1.807, 2.05) is 0 Å². The van der Waals surface area contributed by atoms with Gasteiger partial charge in [-0.1, -0.05) is 138 Å². The number of hydrogen-bond donors (Lipinski definition) is 1. The van der Waals surface area contributed by atoms with Gasteiger partial charge in [-0.2, -0.15) is 0 Å². The van der Waals surface area contributed by atoms with Crippen molar-refractivity contribution < 1.29 is 19.4 Å². The summed E-state index contributed by atoms with van der Waals surface area (Å²) in [4.78, 5) is 23.3. The molecule has 0 aliphatic heterocycles. The van der Waals surface area contributed by atoms with Gasteiger partial charge in [0.2, 0.25) is 0 Å². The average Bonchev–Trinajstić information content (AvgIpc) is 3.02. The molecule has 0 aromatic carbocycles. The van der Waals surface area contributed by atoms with Gasteiger partial charge in [0, 0.05) is 12.8 Å². The molecule has 0 aromatic heterocycles. The van der Waals surface area contributed by atoms with Crippen LogP contribution in [0.25, 0.3) is 0 Å². The third-order valence-corrected chi connectivity index (χ3v) is 7.69. The summed E-state index contributed by atoms with van der Waals surface area (Å²) in [5.74, 6) is -0.811. The molecule has 1 atom stereocenters. The van der Waals surface area contributed by atoms with Gasteiger partial charge in [0.25, 0.3) is 0 Å². The van der Waals surface area contributed by atoms with E-state index in [-0.39, 0.29) is 18.5 Å². The average molecular weight is 625 g/mol. The van der Waals surface area contributed by atoms with Crippen molar-refractivity contribution in [1.82, 2.24) is 0 Å². The van der Waals surface area contributed by atoms with Crippen molar-refractivity contribution >= 4 is 11.9 Å². The van der Waals surface area contributed by atoms with Gasteiger partial charge < -0.3 is 9.84 Å². The maximum atomic E-state index is 12.5. The number of carboxylic acids is 1. The highest BCUT2D eigenvalue weighted by Gasteiger charge is 2.14. The number of aliphatic carboxylic acids is 1. The molecule has 0 spiro atoms. The zero-order chi connectivity index (χ0) is 32.9. The Balaban J connectivity index is 4.02. The van der Waals surface area contributed by atoms with Gasteiger partial charge in [0.15, 0.2) is 0 Å². The molecule has 256 valence electrons. The van der Waals surface area contributed by atoms with Gasteiger partial charge in [0.05, 0.1) is 0 Å². The van der Waals surface area contributed by atoms with Crippen LogP contribution in [0, 0.1) is 0 Å². The molecule has 0 aliphatic rings. The van der Waals surface area contributed by atoms with E-state index in [0.717, 1.165) is 89.9 Å². The maximum absolute atomic E-state index is 12.5. The zero-order valence-electron chi connectivity index (χ0n) is 29.1. The molecule has 0 heterocycles. The number of allylic oxidation sites excluding steroid dienone is 12. The molecule has 0 saturated heterocycles. The lowest BCUT2D eigenvalue weighted by Gasteiger charge is -2.18. The normalized spacial score (nSPS) is 13.1. The molecular formula is C41H68O4. The Labute approximate surface area is 277 Å². The van der Waals surface area contributed by atoms with E-state index < -0.39 is 5.97 Å². The molecule has 0 fully saturated rings. The highest BCUT2D eigenvalue weighted by Crippen LogP contribution is 2.18. The van der Waals surface area contributed by atoms with Crippen LogP contribution in [0.1, 0.15) is 168 Å². The molecule has 0 saturated carbocycles. The van der Waals surface area contributed by atoms with Gasteiger partial charge >= 0.3 is 11.9 Å². The van der Waals surface area contributed by atoms with Gasteiger partial charge in [-0.25, -0.2) is 0 Å². The summed E-state index contributed by atoms with van der Waals surface area (Å²) in [5, 5.41) is 8.85. The first kappa shape index (κ1) is 42.4. The first-order valence-electron chi connectivity index (χ1n) is 18.4. The second-order valence-electron chi connectivity index (χ2n) is 12.0. The van der Waals surface area contributed by atoms with Crippen LogP contribution >= 0.6 is 0 Å². The standard InChI is InChI=1S/C41H68O4/c1-3-5-7-9-11-13-14-15-16-17-18-19-20-21-22-23-24-25-27-29-34-38-41(44)45-39(36-32-30-33-37-40(42)43)35-31-28-26-12-10-8-6-4-2/h5,7,11,13,15-16,18-19,21-22,24-25,39H,3-4,6,8-10,12,14,17,20,23,26-38H2,1-2H3,(H,42,43)/b7-5-,13-11-,16-15-,19-18-,22-21-,25-24-. The first-order chi connectivity index (χ1) is 22.1. The van der Waals surface area contributed by atoms with Gasteiger partial charge in [-0.15, -0.1) is 0 Å². The highest BCUT2D eigenvalue weighted by molar-refractivity contribution is 5.69. The van der Waals surface area contributed by atoms with Crippen molar-refractivity contribution in [2.75, 3.05) is 0 Å². The third-order valence-electron chi connectivity index (χ3n) is 7.69. The predicted octanol–water partition coefficient (Wildman–Crippen LogP) is 12.7. The fourth-order valence-corrected chi connectivity index (χ4v) is 5.01. The largest absolute Gasteiger partial charge is 0.481 e. The van der Waals surface area contributed by atoms with Gasteiger partial charge in [-0.3, -0.25) is 9.59 Å². The van der Waals surface area contributed by atoms with Crippen molar-refractivity contribution in [2.24, 2.45) is 0 Å². The van der Waals surface area contributed by atoms with E-state index >= 15 is 0 Å². The first-order valence-corrected chi connectivity index (χ1v) is 18.4. The Morgan fingerprint density at radius 2 is 0.933 bits per heavy atom. The van der Waals surface area contributed by atoms with Crippen molar-refractivity contribution in [3.63, 3.8) is 0 Å². The summed E-state index contributed by atoms with van der Waals surface area (Å²) < 4.78 is 5.89. The molecule has 4 nitrogen and oxygen atoms in total. The molecule has 0 bridgehead atoms. The minimum absolute atomic E-state index is 0.0224. The van der Waals surface area contributed by atoms with E-state index in [0.29, 0.717) is 12.8 Å². The van der Waals surface area contributed by atoms with E-state index in [1.54, 1.807) is 0 Å². The van der Waals surface area contributed by atoms with Crippen molar-refractivity contribution in [3.8, 4) is 0 Å². The number of rotatable bonds is 32. The summed E-state index contributed by atoms with van der Waals surface area (Å²) >= 11 is 0. The lowest BCUT2D eigenvalue weighted by molar-refractivity contribution is -0.150. The number of ether oxygens (including phenoxy) is 1. The molecular weight excluding hydrogens is 556 g/mol. The van der Waals surface area contributed by atoms with Crippen LogP contribution in [0.3, 0.4) is 0 Å². The van der Waals surface area contributed by atoms with Crippen LogP contribution in [0.4, 0.5) is 0 Å². The Kier molecular flexibility index (Phi) is 33.8. The second kappa shape index (κ2) is 35.9. The van der Waals surface area contributed by atoms with Gasteiger partial charge in [-0.05, 0) is 89.9 Å². The molecule has 1 unspecified atom stereocenters.